The van der Waals surface area contributed by atoms with Crippen LogP contribution in [-0.2, 0) is 19.1 Å². The molecular weight excluding hydrogens is 584 g/mol. The molecule has 47 heavy (non-hydrogen) atoms. The van der Waals surface area contributed by atoms with Gasteiger partial charge in [-0.3, -0.25) is 9.59 Å². The van der Waals surface area contributed by atoms with Crippen LogP contribution < -0.4 is 0 Å². The van der Waals surface area contributed by atoms with E-state index in [0.29, 0.717) is 12.8 Å². The van der Waals surface area contributed by atoms with Gasteiger partial charge in [-0.25, -0.2) is 0 Å². The molecule has 0 saturated heterocycles. The third-order valence-corrected chi connectivity index (χ3v) is 8.67. The Morgan fingerprint density at radius 2 is 0.894 bits per heavy atom. The first-order valence-corrected chi connectivity index (χ1v) is 20.0. The van der Waals surface area contributed by atoms with Gasteiger partial charge in [-0.15, -0.1) is 0 Å². The molecule has 0 spiro atoms. The van der Waals surface area contributed by atoms with Crippen molar-refractivity contribution in [1.82, 2.24) is 0 Å². The lowest BCUT2D eigenvalue weighted by Crippen LogP contribution is -2.28. The summed E-state index contributed by atoms with van der Waals surface area (Å²) >= 11 is 0. The lowest BCUT2D eigenvalue weighted by Gasteiger charge is -2.15. The summed E-state index contributed by atoms with van der Waals surface area (Å²) < 4.78 is 10.5. The number of hydrogen-bond donors (Lipinski definition) is 1. The summed E-state index contributed by atoms with van der Waals surface area (Å²) in [7, 11) is 0. The van der Waals surface area contributed by atoms with Crippen molar-refractivity contribution in [2.75, 3.05) is 13.2 Å². The molecule has 0 aromatic rings. The van der Waals surface area contributed by atoms with Crippen molar-refractivity contribution < 1.29 is 24.2 Å². The summed E-state index contributed by atoms with van der Waals surface area (Å²) in [6.07, 6.45) is 46.5. The van der Waals surface area contributed by atoms with Gasteiger partial charge in [0.1, 0.15) is 6.61 Å². The fraction of sp³-hybridized carbons (Fsp3) is 0.810. The van der Waals surface area contributed by atoms with Crippen LogP contribution in [0.25, 0.3) is 0 Å². The number of hydrogen-bond acceptors (Lipinski definition) is 5. The van der Waals surface area contributed by atoms with E-state index in [9.17, 15) is 14.7 Å². The molecule has 0 aromatic carbocycles. The van der Waals surface area contributed by atoms with Gasteiger partial charge in [-0.2, -0.15) is 0 Å². The van der Waals surface area contributed by atoms with Crippen molar-refractivity contribution in [3.63, 3.8) is 0 Å². The summed E-state index contributed by atoms with van der Waals surface area (Å²) in [6, 6.07) is 0. The minimum Gasteiger partial charge on any atom is -0.462 e. The van der Waals surface area contributed by atoms with Crippen molar-refractivity contribution in [3.05, 3.63) is 36.5 Å². The molecular formula is C42H76O5. The van der Waals surface area contributed by atoms with Gasteiger partial charge in [-0.1, -0.05) is 166 Å². The first kappa shape index (κ1) is 45.1. The third kappa shape index (κ3) is 36.8. The number of aliphatic hydroxyl groups is 1. The van der Waals surface area contributed by atoms with E-state index in [4.69, 9.17) is 9.47 Å². The van der Waals surface area contributed by atoms with Crippen molar-refractivity contribution in [2.45, 2.75) is 206 Å². The number of aliphatic hydroxyl groups excluding tert-OH is 1. The Labute approximate surface area is 291 Å². The van der Waals surface area contributed by atoms with Crippen LogP contribution in [0, 0.1) is 0 Å². The van der Waals surface area contributed by atoms with E-state index in [2.05, 4.69) is 44.2 Å². The Hall–Kier alpha value is -1.88. The van der Waals surface area contributed by atoms with Crippen LogP contribution in [0.15, 0.2) is 36.5 Å². The van der Waals surface area contributed by atoms with Gasteiger partial charge in [0.2, 0.25) is 0 Å². The molecule has 1 N–H and O–H groups in total. The summed E-state index contributed by atoms with van der Waals surface area (Å²) in [5, 5.41) is 9.54. The summed E-state index contributed by atoms with van der Waals surface area (Å²) in [4.78, 5) is 24.2. The number of carbonyl (C=O) groups excluding carboxylic acids is 2. The third-order valence-electron chi connectivity index (χ3n) is 8.67. The average Bonchev–Trinajstić information content (AvgIpc) is 3.07. The van der Waals surface area contributed by atoms with Gasteiger partial charge in [0.05, 0.1) is 6.61 Å². The molecule has 0 aromatic heterocycles. The van der Waals surface area contributed by atoms with Crippen molar-refractivity contribution >= 4 is 11.9 Å². The largest absolute Gasteiger partial charge is 0.462 e. The van der Waals surface area contributed by atoms with Crippen LogP contribution in [0.2, 0.25) is 0 Å². The molecule has 0 radical (unpaired) electrons. The average molecular weight is 661 g/mol. The van der Waals surface area contributed by atoms with Crippen LogP contribution in [0.1, 0.15) is 200 Å². The number of carbonyl (C=O) groups is 2. The highest BCUT2D eigenvalue weighted by molar-refractivity contribution is 5.70. The molecule has 5 nitrogen and oxygen atoms in total. The highest BCUT2D eigenvalue weighted by Crippen LogP contribution is 2.13. The van der Waals surface area contributed by atoms with Crippen LogP contribution >= 0.6 is 0 Å². The van der Waals surface area contributed by atoms with Gasteiger partial charge in [-0.05, 0) is 57.8 Å². The van der Waals surface area contributed by atoms with E-state index in [-0.39, 0.29) is 31.6 Å². The Bertz CT molecular complexity index is 756. The van der Waals surface area contributed by atoms with Crippen LogP contribution in [-0.4, -0.2) is 36.4 Å². The molecule has 0 rings (SSSR count). The second kappa shape index (κ2) is 38.6. The van der Waals surface area contributed by atoms with E-state index in [1.54, 1.807) is 0 Å². The first-order chi connectivity index (χ1) is 23.1. The second-order valence-electron chi connectivity index (χ2n) is 13.4. The molecule has 1 atom stereocenters. The molecule has 0 aliphatic heterocycles. The molecule has 0 amide bonds. The normalized spacial score (nSPS) is 12.5. The standard InChI is InChI=1S/C42H76O5/c1-3-5-7-9-11-13-15-17-18-19-20-21-22-23-25-27-29-31-33-35-37-42(45)47-40(38-43)39-46-41(44)36-34-32-30-28-26-24-16-14-12-10-8-6-4-2/h20-21,24,26,30,32,40,43H,3-19,22-23,25,27-29,31,33-39H2,1-2H3/b21-20+,26-24+,32-30+. The smallest absolute Gasteiger partial charge is 0.306 e. The van der Waals surface area contributed by atoms with Crippen LogP contribution in [0.3, 0.4) is 0 Å². The summed E-state index contributed by atoms with van der Waals surface area (Å²) in [6.45, 7) is 4.08. The van der Waals surface area contributed by atoms with E-state index >= 15 is 0 Å². The number of ether oxygens (including phenoxy) is 2. The Morgan fingerprint density at radius 1 is 0.489 bits per heavy atom. The Balaban J connectivity index is 3.59. The summed E-state index contributed by atoms with van der Waals surface area (Å²) in [5.41, 5.74) is 0. The molecule has 0 aliphatic carbocycles. The topological polar surface area (TPSA) is 72.8 Å². The second-order valence-corrected chi connectivity index (χ2v) is 13.4. The summed E-state index contributed by atoms with van der Waals surface area (Å²) in [5.74, 6) is -0.672. The van der Waals surface area contributed by atoms with Gasteiger partial charge in [0.25, 0.3) is 0 Å². The molecule has 1 unspecified atom stereocenters. The van der Waals surface area contributed by atoms with Gasteiger partial charge < -0.3 is 14.6 Å². The fourth-order valence-electron chi connectivity index (χ4n) is 5.60. The zero-order valence-corrected chi connectivity index (χ0v) is 31.0. The highest BCUT2D eigenvalue weighted by atomic mass is 16.6. The van der Waals surface area contributed by atoms with E-state index in [0.717, 1.165) is 32.1 Å². The van der Waals surface area contributed by atoms with Gasteiger partial charge in [0.15, 0.2) is 6.10 Å². The maximum Gasteiger partial charge on any atom is 0.306 e. The lowest BCUT2D eigenvalue weighted by molar-refractivity contribution is -0.161. The molecule has 274 valence electrons. The number of rotatable bonds is 36. The van der Waals surface area contributed by atoms with E-state index < -0.39 is 6.10 Å². The SMILES string of the molecule is CCCCCCCC/C=C/C/C=C/CCC(=O)OCC(CO)OC(=O)CCCCCCCCC/C=C/CCCCCCCCCCC. The van der Waals surface area contributed by atoms with E-state index in [1.807, 2.05) is 6.08 Å². The number of esters is 2. The van der Waals surface area contributed by atoms with Crippen molar-refractivity contribution in [3.8, 4) is 0 Å². The van der Waals surface area contributed by atoms with E-state index in [1.165, 1.54) is 135 Å². The van der Waals surface area contributed by atoms with Crippen LogP contribution in [0.5, 0.6) is 0 Å². The predicted molar refractivity (Wildman–Crippen MR) is 201 cm³/mol. The molecule has 0 heterocycles. The maximum atomic E-state index is 12.2. The minimum atomic E-state index is -0.794. The van der Waals surface area contributed by atoms with Gasteiger partial charge in [0, 0.05) is 12.8 Å². The zero-order chi connectivity index (χ0) is 34.3. The molecule has 0 bridgehead atoms. The highest BCUT2D eigenvalue weighted by Gasteiger charge is 2.15. The lowest BCUT2D eigenvalue weighted by atomic mass is 10.1. The Kier molecular flexibility index (Phi) is 37.0. The quantitative estimate of drug-likeness (QED) is 0.0411. The van der Waals surface area contributed by atoms with Crippen LogP contribution in [0.4, 0.5) is 0 Å². The van der Waals surface area contributed by atoms with Crippen molar-refractivity contribution in [1.29, 1.82) is 0 Å². The monoisotopic (exact) mass is 661 g/mol. The molecule has 0 fully saturated rings. The number of unbranched alkanes of at least 4 members (excludes halogenated alkanes) is 22. The van der Waals surface area contributed by atoms with Gasteiger partial charge >= 0.3 is 11.9 Å². The first-order valence-electron chi connectivity index (χ1n) is 20.0. The molecule has 0 aliphatic rings. The minimum absolute atomic E-state index is 0.0968. The predicted octanol–water partition coefficient (Wildman–Crippen LogP) is 12.5. The Morgan fingerprint density at radius 3 is 1.36 bits per heavy atom. The molecule has 0 saturated carbocycles. The molecule has 5 heteroatoms. The van der Waals surface area contributed by atoms with Crippen molar-refractivity contribution in [2.24, 2.45) is 0 Å². The fourth-order valence-corrected chi connectivity index (χ4v) is 5.60. The zero-order valence-electron chi connectivity index (χ0n) is 31.0. The maximum absolute atomic E-state index is 12.2. The number of allylic oxidation sites excluding steroid dienone is 6.